The zero-order valence-electron chi connectivity index (χ0n) is 25.4. The fraction of sp³-hybridized carbons (Fsp3) is 0.419. The van der Waals surface area contributed by atoms with E-state index >= 15 is 0 Å². The summed E-state index contributed by atoms with van der Waals surface area (Å²) in [6.07, 6.45) is -4.05. The molecule has 0 radical (unpaired) electrons. The Bertz CT molecular complexity index is 1660. The highest BCUT2D eigenvalue weighted by molar-refractivity contribution is 7.89. The van der Waals surface area contributed by atoms with Gasteiger partial charge >= 0.3 is 0 Å². The summed E-state index contributed by atoms with van der Waals surface area (Å²) in [4.78, 5) is 26.2. The molecule has 5 N–H and O–H groups in total. The number of fused-ring (bicyclic) bond motifs is 1. The van der Waals surface area contributed by atoms with E-state index in [1.165, 1.54) is 10.9 Å². The number of aliphatic hydroxyl groups is 2. The smallest absolute Gasteiger partial charge is 0.252 e. The highest BCUT2D eigenvalue weighted by Gasteiger charge is 2.47. The molecule has 1 aliphatic heterocycles. The van der Waals surface area contributed by atoms with Gasteiger partial charge in [-0.05, 0) is 24.0 Å². The van der Waals surface area contributed by atoms with Crippen molar-refractivity contribution >= 4 is 32.9 Å². The van der Waals surface area contributed by atoms with Gasteiger partial charge in [0.15, 0.2) is 29.3 Å². The van der Waals surface area contributed by atoms with Crippen LogP contribution in [-0.2, 0) is 26.1 Å². The van der Waals surface area contributed by atoms with Crippen molar-refractivity contribution in [1.82, 2.24) is 29.6 Å². The molecule has 0 saturated carbocycles. The second-order valence-electron chi connectivity index (χ2n) is 11.4. The molecule has 2 aromatic carbocycles. The second kappa shape index (κ2) is 14.0. The fourth-order valence-electron chi connectivity index (χ4n) is 5.40. The van der Waals surface area contributed by atoms with Crippen molar-refractivity contribution in [2.45, 2.75) is 57.8 Å². The van der Waals surface area contributed by atoms with E-state index < -0.39 is 40.5 Å². The Morgan fingerprint density at radius 3 is 2.24 bits per heavy atom. The summed E-state index contributed by atoms with van der Waals surface area (Å²) in [5.74, 6) is -0.246. The molecule has 1 saturated heterocycles. The van der Waals surface area contributed by atoms with Gasteiger partial charge in [-0.1, -0.05) is 74.5 Å². The van der Waals surface area contributed by atoms with Crippen molar-refractivity contribution < 1.29 is 28.2 Å². The lowest BCUT2D eigenvalue weighted by Crippen LogP contribution is -2.42. The first-order valence-corrected chi connectivity index (χ1v) is 16.6. The molecule has 1 unspecified atom stereocenters. The largest absolute Gasteiger partial charge is 0.387 e. The maximum atomic E-state index is 12.6. The number of sulfonamides is 1. The summed E-state index contributed by atoms with van der Waals surface area (Å²) >= 11 is 0. The predicted molar refractivity (Wildman–Crippen MR) is 169 cm³/mol. The highest BCUT2D eigenvalue weighted by atomic mass is 32.2. The number of imidazole rings is 1. The molecule has 1 fully saturated rings. The maximum absolute atomic E-state index is 12.6. The zero-order chi connectivity index (χ0) is 32.1. The van der Waals surface area contributed by atoms with E-state index in [4.69, 9.17) is 4.74 Å². The Hall–Kier alpha value is -3.95. The van der Waals surface area contributed by atoms with E-state index in [0.29, 0.717) is 24.4 Å². The lowest BCUT2D eigenvalue weighted by Gasteiger charge is -2.20. The third-order valence-electron chi connectivity index (χ3n) is 7.47. The fourth-order valence-corrected chi connectivity index (χ4v) is 6.75. The first-order chi connectivity index (χ1) is 21.6. The number of aromatic nitrogens is 4. The third kappa shape index (κ3) is 7.48. The molecule has 0 aliphatic carbocycles. The number of benzene rings is 2. The average molecular weight is 638 g/mol. The number of hydrogen-bond acceptors (Lipinski definition) is 10. The van der Waals surface area contributed by atoms with E-state index in [2.05, 4.69) is 30.3 Å². The van der Waals surface area contributed by atoms with Crippen LogP contribution in [-0.4, -0.2) is 81.2 Å². The van der Waals surface area contributed by atoms with Crippen LogP contribution in [0.4, 0.5) is 5.82 Å². The van der Waals surface area contributed by atoms with Crippen molar-refractivity contribution in [2.75, 3.05) is 24.2 Å². The van der Waals surface area contributed by atoms with Crippen LogP contribution in [0.2, 0.25) is 0 Å². The van der Waals surface area contributed by atoms with E-state index in [1.807, 2.05) is 74.5 Å². The number of rotatable bonds is 13. The van der Waals surface area contributed by atoms with Gasteiger partial charge in [0.25, 0.3) is 5.91 Å². The monoisotopic (exact) mass is 637 g/mol. The van der Waals surface area contributed by atoms with Gasteiger partial charge in [-0.25, -0.2) is 28.1 Å². The number of nitrogens with one attached hydrogen (secondary N) is 3. The first-order valence-electron chi connectivity index (χ1n) is 14.9. The van der Waals surface area contributed by atoms with Crippen LogP contribution >= 0.6 is 0 Å². The van der Waals surface area contributed by atoms with E-state index in [9.17, 15) is 23.4 Å². The normalized spacial score (nSPS) is 20.2. The van der Waals surface area contributed by atoms with Crippen LogP contribution in [0.5, 0.6) is 0 Å². The topological polar surface area (TPSA) is 181 Å². The van der Waals surface area contributed by atoms with Gasteiger partial charge in [-0.15, -0.1) is 0 Å². The number of carbonyl (C=O) groups excluding carboxylic acids is 1. The molecule has 14 heteroatoms. The van der Waals surface area contributed by atoms with Crippen LogP contribution in [0.3, 0.4) is 0 Å². The molecule has 5 rings (SSSR count). The molecule has 4 atom stereocenters. The highest BCUT2D eigenvalue weighted by Crippen LogP contribution is 2.33. The van der Waals surface area contributed by atoms with Gasteiger partial charge in [0.05, 0.1) is 18.6 Å². The van der Waals surface area contributed by atoms with E-state index in [1.54, 1.807) is 6.92 Å². The van der Waals surface area contributed by atoms with Crippen molar-refractivity contribution in [3.05, 3.63) is 83.9 Å². The molecule has 3 heterocycles. The number of anilines is 1. The molecular weight excluding hydrogens is 598 g/mol. The van der Waals surface area contributed by atoms with Gasteiger partial charge in [0.2, 0.25) is 10.0 Å². The molecule has 4 aromatic rings. The third-order valence-corrected chi connectivity index (χ3v) is 9.16. The Balaban J connectivity index is 1.51. The number of ether oxygens (including phenoxy) is 1. The first kappa shape index (κ1) is 32.4. The van der Waals surface area contributed by atoms with Crippen LogP contribution in [0.1, 0.15) is 49.9 Å². The molecule has 45 heavy (non-hydrogen) atoms. The Morgan fingerprint density at radius 2 is 1.64 bits per heavy atom. The Morgan fingerprint density at radius 1 is 1.00 bits per heavy atom. The molecule has 0 bridgehead atoms. The zero-order valence-corrected chi connectivity index (χ0v) is 26.2. The van der Waals surface area contributed by atoms with Gasteiger partial charge < -0.3 is 25.6 Å². The minimum absolute atomic E-state index is 0.0551. The van der Waals surface area contributed by atoms with E-state index in [-0.39, 0.29) is 35.6 Å². The second-order valence-corrected chi connectivity index (χ2v) is 13.2. The SMILES string of the molecule is CCNC(=O)[C@H]1OC(n2cnc3c(NCC(c4ccccc4)c4ccccc4)nc(CNS(=O)(=O)CC(C)C)nc32)[C@H](O)[C@@H]1O. The summed E-state index contributed by atoms with van der Waals surface area (Å²) < 4.78 is 35.1. The van der Waals surface area contributed by atoms with Crippen molar-refractivity contribution in [1.29, 1.82) is 0 Å². The number of hydrogen-bond donors (Lipinski definition) is 5. The lowest BCUT2D eigenvalue weighted by atomic mass is 9.91. The molecule has 1 amide bonds. The van der Waals surface area contributed by atoms with Crippen molar-refractivity contribution in [3.63, 3.8) is 0 Å². The van der Waals surface area contributed by atoms with Gasteiger partial charge in [-0.2, -0.15) is 0 Å². The number of aliphatic hydroxyl groups excluding tert-OH is 2. The minimum Gasteiger partial charge on any atom is -0.387 e. The average Bonchev–Trinajstić information content (AvgIpc) is 3.57. The van der Waals surface area contributed by atoms with Crippen molar-refractivity contribution in [2.24, 2.45) is 5.92 Å². The number of carbonyl (C=O) groups is 1. The summed E-state index contributed by atoms with van der Waals surface area (Å²) in [7, 11) is -3.61. The Kier molecular flexibility index (Phi) is 10.1. The quantitative estimate of drug-likeness (QED) is 0.145. The summed E-state index contributed by atoms with van der Waals surface area (Å²) in [6, 6.07) is 20.0. The van der Waals surface area contributed by atoms with Gasteiger partial charge in [0, 0.05) is 19.0 Å². The van der Waals surface area contributed by atoms with Crippen LogP contribution in [0, 0.1) is 5.92 Å². The molecule has 0 spiro atoms. The number of nitrogens with zero attached hydrogens (tertiary/aromatic N) is 4. The molecular formula is C31H39N7O6S. The van der Waals surface area contributed by atoms with Crippen LogP contribution in [0.15, 0.2) is 67.0 Å². The Labute approximate surface area is 262 Å². The van der Waals surface area contributed by atoms with Crippen LogP contribution in [0.25, 0.3) is 11.2 Å². The number of likely N-dealkylation sites (N-methyl/N-ethyl adjacent to an activating group) is 1. The van der Waals surface area contributed by atoms with E-state index in [0.717, 1.165) is 11.1 Å². The molecule has 2 aromatic heterocycles. The summed E-state index contributed by atoms with van der Waals surface area (Å²) in [5.41, 5.74) is 2.74. The van der Waals surface area contributed by atoms with Gasteiger partial charge in [0.1, 0.15) is 18.0 Å². The summed E-state index contributed by atoms with van der Waals surface area (Å²) in [6.45, 7) is 5.92. The minimum atomic E-state index is -3.61. The van der Waals surface area contributed by atoms with Crippen LogP contribution < -0.4 is 15.4 Å². The predicted octanol–water partition coefficient (Wildman–Crippen LogP) is 1.90. The number of amides is 1. The lowest BCUT2D eigenvalue weighted by molar-refractivity contribution is -0.137. The maximum Gasteiger partial charge on any atom is 0.252 e. The summed E-state index contributed by atoms with van der Waals surface area (Å²) in [5, 5.41) is 27.5. The standard InChI is InChI=1S/C31H39N7O6S/c1-4-32-30(41)27-25(39)26(40)31(44-27)38-18-34-24-28(36-23(37-29(24)38)16-35-45(42,43)17-19(2)3)33-15-22(20-11-7-5-8-12-20)21-13-9-6-10-14-21/h5-14,18-19,22,25-27,31,35,39-40H,4,15-17H2,1-3H3,(H,32,41)(H,33,36,37)/t25-,26+,27-,31?/m0/s1. The molecule has 13 nitrogen and oxygen atoms in total. The molecule has 240 valence electrons. The van der Waals surface area contributed by atoms with Crippen molar-refractivity contribution in [3.8, 4) is 0 Å². The molecule has 1 aliphatic rings. The van der Waals surface area contributed by atoms with Gasteiger partial charge in [-0.3, -0.25) is 9.36 Å².